The molecule has 2 aliphatic rings. The number of piperazine rings is 1. The van der Waals surface area contributed by atoms with Crippen LogP contribution in [0, 0.1) is 5.92 Å². The Balaban J connectivity index is 1.22. The van der Waals surface area contributed by atoms with Crippen LogP contribution < -0.4 is 5.32 Å². The summed E-state index contributed by atoms with van der Waals surface area (Å²) in [5.41, 5.74) is 5.12. The molecular formula is C36H45N3O6. The second kappa shape index (κ2) is 16.1. The zero-order valence-corrected chi connectivity index (χ0v) is 26.0. The molecule has 0 spiro atoms. The summed E-state index contributed by atoms with van der Waals surface area (Å²) in [5, 5.41) is 21.2. The lowest BCUT2D eigenvalue weighted by Gasteiger charge is -2.44. The molecule has 2 fully saturated rings. The Morgan fingerprint density at radius 2 is 1.44 bits per heavy atom. The predicted molar refractivity (Wildman–Crippen MR) is 171 cm³/mol. The van der Waals surface area contributed by atoms with Crippen LogP contribution in [0.5, 0.6) is 0 Å². The first-order valence-corrected chi connectivity index (χ1v) is 15.9. The number of carboxylic acid groups (broad SMARTS) is 1. The van der Waals surface area contributed by atoms with Crippen molar-refractivity contribution in [3.05, 3.63) is 107 Å². The highest BCUT2D eigenvalue weighted by Gasteiger charge is 2.39. The van der Waals surface area contributed by atoms with E-state index in [-0.39, 0.29) is 43.5 Å². The zero-order valence-electron chi connectivity index (χ0n) is 26.0. The molecule has 0 bridgehead atoms. The highest BCUT2D eigenvalue weighted by molar-refractivity contribution is 5.76. The molecule has 0 aliphatic carbocycles. The van der Waals surface area contributed by atoms with Crippen LogP contribution in [0.25, 0.3) is 0 Å². The van der Waals surface area contributed by atoms with E-state index in [0.717, 1.165) is 61.5 Å². The van der Waals surface area contributed by atoms with E-state index < -0.39 is 12.3 Å². The monoisotopic (exact) mass is 615 g/mol. The summed E-state index contributed by atoms with van der Waals surface area (Å²) in [4.78, 5) is 27.8. The Kier molecular flexibility index (Phi) is 11.7. The third-order valence-corrected chi connectivity index (χ3v) is 8.81. The number of carboxylic acids is 1. The molecule has 3 N–H and O–H groups in total. The van der Waals surface area contributed by atoms with Crippen molar-refractivity contribution < 1.29 is 29.3 Å². The Morgan fingerprint density at radius 1 is 0.800 bits per heavy atom. The molecule has 9 heteroatoms. The van der Waals surface area contributed by atoms with E-state index in [1.807, 2.05) is 48.5 Å². The molecule has 3 aromatic carbocycles. The SMILES string of the molecule is C[C@H]1[C@@H](CN2CCN(Cc3ccccc3)CC2)O[C@@H](c2ccc(CNC(=O)CCCC(=O)O)cc2)O[C@H]1c1ccc(CO)cc1. The molecule has 45 heavy (non-hydrogen) atoms. The lowest BCUT2D eigenvalue weighted by molar-refractivity contribution is -0.276. The van der Waals surface area contributed by atoms with Crippen molar-refractivity contribution in [2.45, 2.75) is 64.4 Å². The number of hydrogen-bond donors (Lipinski definition) is 3. The van der Waals surface area contributed by atoms with E-state index in [4.69, 9.17) is 14.6 Å². The summed E-state index contributed by atoms with van der Waals surface area (Å²) in [6.07, 6.45) is -0.269. The topological polar surface area (TPSA) is 112 Å². The molecule has 1 amide bonds. The van der Waals surface area contributed by atoms with Gasteiger partial charge in [-0.2, -0.15) is 0 Å². The van der Waals surface area contributed by atoms with Crippen LogP contribution in [-0.4, -0.2) is 70.7 Å². The number of aliphatic carboxylic acids is 1. The average molecular weight is 616 g/mol. The summed E-state index contributed by atoms with van der Waals surface area (Å²) in [6, 6.07) is 26.5. The predicted octanol–water partition coefficient (Wildman–Crippen LogP) is 4.66. The molecule has 9 nitrogen and oxygen atoms in total. The normalized spacial score (nSPS) is 22.6. The minimum absolute atomic E-state index is 0.00110. The fraction of sp³-hybridized carbons (Fsp3) is 0.444. The summed E-state index contributed by atoms with van der Waals surface area (Å²) in [5.74, 6) is -0.945. The van der Waals surface area contributed by atoms with Gasteiger partial charge in [-0.3, -0.25) is 19.4 Å². The number of rotatable bonds is 13. The number of nitrogens with one attached hydrogen (secondary N) is 1. The van der Waals surface area contributed by atoms with Crippen LogP contribution in [0.2, 0.25) is 0 Å². The van der Waals surface area contributed by atoms with E-state index in [9.17, 15) is 14.7 Å². The molecule has 0 unspecified atom stereocenters. The van der Waals surface area contributed by atoms with Crippen LogP contribution >= 0.6 is 0 Å². The van der Waals surface area contributed by atoms with Crippen molar-refractivity contribution in [1.29, 1.82) is 0 Å². The largest absolute Gasteiger partial charge is 0.481 e. The van der Waals surface area contributed by atoms with Crippen LogP contribution in [-0.2, 0) is 38.8 Å². The quantitative estimate of drug-likeness (QED) is 0.255. The van der Waals surface area contributed by atoms with Crippen LogP contribution in [0.1, 0.15) is 66.4 Å². The Labute approximate surface area is 265 Å². The molecule has 3 aromatic rings. The first kappa shape index (κ1) is 32.8. The number of carbonyl (C=O) groups excluding carboxylic acids is 1. The lowest BCUT2D eigenvalue weighted by Crippen LogP contribution is -2.51. The summed E-state index contributed by atoms with van der Waals surface area (Å²) >= 11 is 0. The van der Waals surface area contributed by atoms with Crippen molar-refractivity contribution in [2.75, 3.05) is 32.7 Å². The molecule has 240 valence electrons. The van der Waals surface area contributed by atoms with E-state index in [1.165, 1.54) is 5.56 Å². The minimum atomic E-state index is -0.895. The molecule has 2 aliphatic heterocycles. The van der Waals surface area contributed by atoms with Gasteiger partial charge in [-0.25, -0.2) is 0 Å². The number of benzene rings is 3. The lowest BCUT2D eigenvalue weighted by atomic mass is 9.90. The van der Waals surface area contributed by atoms with Crippen LogP contribution in [0.15, 0.2) is 78.9 Å². The second-order valence-electron chi connectivity index (χ2n) is 12.1. The maximum absolute atomic E-state index is 12.1. The van der Waals surface area contributed by atoms with E-state index in [0.29, 0.717) is 13.0 Å². The van der Waals surface area contributed by atoms with Crippen molar-refractivity contribution in [2.24, 2.45) is 5.92 Å². The van der Waals surface area contributed by atoms with Gasteiger partial charge in [0.05, 0.1) is 18.8 Å². The third-order valence-electron chi connectivity index (χ3n) is 8.81. The second-order valence-corrected chi connectivity index (χ2v) is 12.1. The Hall–Kier alpha value is -3.60. The van der Waals surface area contributed by atoms with Crippen molar-refractivity contribution >= 4 is 11.9 Å². The minimum Gasteiger partial charge on any atom is -0.481 e. The molecule has 4 atom stereocenters. The fourth-order valence-corrected chi connectivity index (χ4v) is 6.04. The van der Waals surface area contributed by atoms with Crippen LogP contribution in [0.4, 0.5) is 0 Å². The Morgan fingerprint density at radius 3 is 2.11 bits per heavy atom. The number of aliphatic hydroxyl groups is 1. The number of hydrogen-bond acceptors (Lipinski definition) is 7. The number of ether oxygens (including phenoxy) is 2. The number of nitrogens with zero attached hydrogens (tertiary/aromatic N) is 2. The molecular weight excluding hydrogens is 570 g/mol. The maximum Gasteiger partial charge on any atom is 0.303 e. The van der Waals surface area contributed by atoms with Gasteiger partial charge in [0, 0.05) is 70.1 Å². The standard InChI is InChI=1S/C36H45N3O6/c1-26-32(24-39-20-18-38(19-21-39)23-28-6-3-2-4-7-28)44-36(45-35(26)30-14-12-29(25-40)13-15-30)31-16-10-27(11-17-31)22-37-33(41)8-5-9-34(42)43/h2-4,6-7,10-17,26,32,35-36,40H,5,8-9,18-25H2,1H3,(H,37,41)(H,42,43)/t26-,32+,35+,36+/m0/s1. The first-order valence-electron chi connectivity index (χ1n) is 15.9. The molecule has 5 rings (SSSR count). The molecule has 0 saturated carbocycles. The van der Waals surface area contributed by atoms with Gasteiger partial charge in [-0.05, 0) is 28.7 Å². The van der Waals surface area contributed by atoms with Crippen molar-refractivity contribution in [3.63, 3.8) is 0 Å². The number of carbonyl (C=O) groups is 2. The maximum atomic E-state index is 12.1. The number of amides is 1. The van der Waals surface area contributed by atoms with Gasteiger partial charge in [0.2, 0.25) is 5.91 Å². The van der Waals surface area contributed by atoms with Gasteiger partial charge >= 0.3 is 5.97 Å². The summed E-state index contributed by atoms with van der Waals surface area (Å²) in [7, 11) is 0. The highest BCUT2D eigenvalue weighted by Crippen LogP contribution is 2.42. The first-order chi connectivity index (χ1) is 21.9. The zero-order chi connectivity index (χ0) is 31.6. The molecule has 2 saturated heterocycles. The van der Waals surface area contributed by atoms with Gasteiger partial charge in [0.1, 0.15) is 0 Å². The number of aliphatic hydroxyl groups excluding tert-OH is 1. The van der Waals surface area contributed by atoms with Gasteiger partial charge in [0.15, 0.2) is 6.29 Å². The van der Waals surface area contributed by atoms with Crippen molar-refractivity contribution in [1.82, 2.24) is 15.1 Å². The third kappa shape index (κ3) is 9.45. The van der Waals surface area contributed by atoms with Gasteiger partial charge in [-0.15, -0.1) is 0 Å². The van der Waals surface area contributed by atoms with Crippen LogP contribution in [0.3, 0.4) is 0 Å². The molecule has 0 aromatic heterocycles. The van der Waals surface area contributed by atoms with Gasteiger partial charge < -0.3 is 25.0 Å². The molecule has 2 heterocycles. The smallest absolute Gasteiger partial charge is 0.303 e. The van der Waals surface area contributed by atoms with E-state index in [1.54, 1.807) is 0 Å². The van der Waals surface area contributed by atoms with Gasteiger partial charge in [-0.1, -0.05) is 85.8 Å². The van der Waals surface area contributed by atoms with E-state index >= 15 is 0 Å². The highest BCUT2D eigenvalue weighted by atomic mass is 16.7. The summed E-state index contributed by atoms with van der Waals surface area (Å²) in [6.45, 7) is 8.34. The van der Waals surface area contributed by atoms with Gasteiger partial charge in [0.25, 0.3) is 0 Å². The molecule has 0 radical (unpaired) electrons. The summed E-state index contributed by atoms with van der Waals surface area (Å²) < 4.78 is 13.3. The Bertz CT molecular complexity index is 1360. The average Bonchev–Trinajstić information content (AvgIpc) is 3.06. The van der Waals surface area contributed by atoms with Crippen molar-refractivity contribution in [3.8, 4) is 0 Å². The van der Waals surface area contributed by atoms with E-state index in [2.05, 4.69) is 52.4 Å². The fourth-order valence-electron chi connectivity index (χ4n) is 6.04.